The van der Waals surface area contributed by atoms with Crippen LogP contribution in [0.4, 0.5) is 0 Å². The molecule has 4 N–H and O–H groups in total. The van der Waals surface area contributed by atoms with E-state index in [1.165, 1.54) is 11.8 Å². The monoisotopic (exact) mass is 398 g/mol. The van der Waals surface area contributed by atoms with E-state index in [4.69, 9.17) is 16.2 Å². The topological polar surface area (TPSA) is 93.9 Å². The number of piperidine rings is 1. The second kappa shape index (κ2) is 11.1. The number of nitrogens with zero attached hydrogens (tertiary/aromatic N) is 2. The summed E-state index contributed by atoms with van der Waals surface area (Å²) in [5, 5.41) is 0. The van der Waals surface area contributed by atoms with Gasteiger partial charge < -0.3 is 21.1 Å². The van der Waals surface area contributed by atoms with Gasteiger partial charge in [0.05, 0.1) is 18.8 Å². The lowest BCUT2D eigenvalue weighted by atomic mass is 9.83. The van der Waals surface area contributed by atoms with E-state index >= 15 is 0 Å². The molecule has 1 aromatic rings. The number of allylic oxidation sites excluding steroid dienone is 1. The Labute approximate surface area is 174 Å². The van der Waals surface area contributed by atoms with Crippen LogP contribution in [0.3, 0.4) is 0 Å². The summed E-state index contributed by atoms with van der Waals surface area (Å²) in [5.41, 5.74) is 13.1. The highest BCUT2D eigenvalue weighted by Gasteiger charge is 2.33. The molecule has 0 radical (unpaired) electrons. The molecule has 6 heteroatoms. The van der Waals surface area contributed by atoms with Crippen molar-refractivity contribution in [1.29, 1.82) is 0 Å². The zero-order valence-electron chi connectivity index (χ0n) is 17.2. The number of rotatable bonds is 7. The number of ether oxygens (including phenoxy) is 1. The fourth-order valence-electron chi connectivity index (χ4n) is 4.46. The van der Waals surface area contributed by atoms with E-state index in [1.807, 2.05) is 4.90 Å². The summed E-state index contributed by atoms with van der Waals surface area (Å²) in [7, 11) is 0. The Morgan fingerprint density at radius 2 is 1.93 bits per heavy atom. The van der Waals surface area contributed by atoms with Crippen LogP contribution >= 0.6 is 0 Å². The third-order valence-electron chi connectivity index (χ3n) is 6.13. The Hall–Kier alpha value is -2.18. The first-order valence-corrected chi connectivity index (χ1v) is 10.8. The van der Waals surface area contributed by atoms with Crippen LogP contribution in [0.1, 0.15) is 50.0 Å². The highest BCUT2D eigenvalue weighted by atomic mass is 16.5. The molecule has 1 amide bonds. The second-order valence-corrected chi connectivity index (χ2v) is 8.05. The number of aliphatic imine (C=N–C) groups is 1. The molecule has 158 valence electrons. The molecule has 1 aliphatic carbocycles. The molecule has 1 heterocycles. The van der Waals surface area contributed by atoms with E-state index in [2.05, 4.69) is 35.3 Å². The Morgan fingerprint density at radius 3 is 2.66 bits per heavy atom. The van der Waals surface area contributed by atoms with Gasteiger partial charge in [0.15, 0.2) is 0 Å². The smallest absolute Gasteiger partial charge is 0.244 e. The average Bonchev–Trinajstić information content (AvgIpc) is 2.76. The minimum absolute atomic E-state index is 0.00297. The third kappa shape index (κ3) is 6.15. The van der Waals surface area contributed by atoms with E-state index < -0.39 is 0 Å². The molecule has 1 saturated carbocycles. The molecule has 2 fully saturated rings. The normalized spacial score (nSPS) is 28.2. The lowest BCUT2D eigenvalue weighted by molar-refractivity contribution is -0.136. The van der Waals surface area contributed by atoms with Gasteiger partial charge in [-0.15, -0.1) is 0 Å². The fourth-order valence-corrected chi connectivity index (χ4v) is 4.46. The van der Waals surface area contributed by atoms with Crippen molar-refractivity contribution in [2.24, 2.45) is 16.5 Å². The van der Waals surface area contributed by atoms with Gasteiger partial charge in [-0.05, 0) is 62.3 Å². The van der Waals surface area contributed by atoms with E-state index in [9.17, 15) is 4.79 Å². The summed E-state index contributed by atoms with van der Waals surface area (Å²) >= 11 is 0. The molecule has 2 atom stereocenters. The number of hydrogen-bond donors (Lipinski definition) is 2. The second-order valence-electron chi connectivity index (χ2n) is 8.05. The Kier molecular flexibility index (Phi) is 8.25. The Balaban J connectivity index is 1.49. The minimum Gasteiger partial charge on any atom is -0.405 e. The van der Waals surface area contributed by atoms with Crippen LogP contribution in [0, 0.1) is 0 Å². The van der Waals surface area contributed by atoms with Crippen LogP contribution in [0.15, 0.2) is 47.6 Å². The lowest BCUT2D eigenvalue weighted by Crippen LogP contribution is -2.57. The van der Waals surface area contributed by atoms with Gasteiger partial charge in [0.25, 0.3) is 0 Å². The van der Waals surface area contributed by atoms with E-state index in [1.54, 1.807) is 12.3 Å². The first-order valence-electron chi connectivity index (χ1n) is 10.8. The highest BCUT2D eigenvalue weighted by Crippen LogP contribution is 2.34. The van der Waals surface area contributed by atoms with Crippen molar-refractivity contribution in [2.75, 3.05) is 19.7 Å². The van der Waals surface area contributed by atoms with Crippen LogP contribution in [-0.4, -0.2) is 54.9 Å². The summed E-state index contributed by atoms with van der Waals surface area (Å²) in [6.45, 7) is 1.36. The molecule has 3 rings (SSSR count). The van der Waals surface area contributed by atoms with E-state index in [0.29, 0.717) is 12.5 Å². The van der Waals surface area contributed by atoms with Crippen molar-refractivity contribution in [1.82, 2.24) is 4.90 Å². The lowest BCUT2D eigenvalue weighted by Gasteiger charge is -2.40. The van der Waals surface area contributed by atoms with Crippen LogP contribution in [0.25, 0.3) is 0 Å². The summed E-state index contributed by atoms with van der Waals surface area (Å²) in [5.74, 6) is 0.634. The highest BCUT2D eigenvalue weighted by molar-refractivity contribution is 5.81. The van der Waals surface area contributed by atoms with Gasteiger partial charge in [-0.25, -0.2) is 0 Å². The quantitative estimate of drug-likeness (QED) is 0.690. The first kappa shape index (κ1) is 21.5. The number of benzene rings is 1. The summed E-state index contributed by atoms with van der Waals surface area (Å²) < 4.78 is 6.26. The molecular weight excluding hydrogens is 364 g/mol. The van der Waals surface area contributed by atoms with Gasteiger partial charge in [-0.2, -0.15) is 0 Å². The SMILES string of the molecule is NC=CC=NCC(=O)N1CCC[C@H](N)[C@@H]1COC1CCC(c2ccccc2)CC1. The van der Waals surface area contributed by atoms with Crippen molar-refractivity contribution in [3.8, 4) is 0 Å². The van der Waals surface area contributed by atoms with Crippen molar-refractivity contribution in [3.05, 3.63) is 48.2 Å². The van der Waals surface area contributed by atoms with Crippen LogP contribution in [-0.2, 0) is 9.53 Å². The average molecular weight is 399 g/mol. The van der Waals surface area contributed by atoms with Gasteiger partial charge in [-0.3, -0.25) is 9.79 Å². The molecular formula is C23H34N4O2. The number of carbonyl (C=O) groups is 1. The molecule has 0 aromatic heterocycles. The van der Waals surface area contributed by atoms with Crippen LogP contribution < -0.4 is 11.5 Å². The van der Waals surface area contributed by atoms with E-state index in [0.717, 1.165) is 45.1 Å². The van der Waals surface area contributed by atoms with Gasteiger partial charge >= 0.3 is 0 Å². The van der Waals surface area contributed by atoms with Gasteiger partial charge in [0.2, 0.25) is 5.91 Å². The predicted molar refractivity (Wildman–Crippen MR) is 117 cm³/mol. The van der Waals surface area contributed by atoms with Gasteiger partial charge in [0, 0.05) is 18.8 Å². The van der Waals surface area contributed by atoms with Gasteiger partial charge in [0.1, 0.15) is 6.54 Å². The maximum Gasteiger partial charge on any atom is 0.244 e. The van der Waals surface area contributed by atoms with Crippen LogP contribution in [0.2, 0.25) is 0 Å². The van der Waals surface area contributed by atoms with Crippen LogP contribution in [0.5, 0.6) is 0 Å². The summed E-state index contributed by atoms with van der Waals surface area (Å²) in [6, 6.07) is 10.6. The van der Waals surface area contributed by atoms with E-state index in [-0.39, 0.29) is 30.6 Å². The number of amides is 1. The van der Waals surface area contributed by atoms with Gasteiger partial charge in [-0.1, -0.05) is 30.3 Å². The fraction of sp³-hybridized carbons (Fsp3) is 0.565. The standard InChI is InChI=1S/C23H34N4O2/c24-13-5-14-26-16-23(28)27-15-4-8-21(25)22(27)17-29-20-11-9-19(10-12-20)18-6-2-1-3-7-18/h1-3,5-7,13-14,19-22H,4,8-12,15-17,24-25H2/t19?,20?,21-,22-/m0/s1. The molecule has 0 spiro atoms. The zero-order valence-corrected chi connectivity index (χ0v) is 17.2. The number of likely N-dealkylation sites (tertiary alicyclic amines) is 1. The molecule has 1 aliphatic heterocycles. The number of hydrogen-bond acceptors (Lipinski definition) is 5. The molecule has 0 bridgehead atoms. The minimum atomic E-state index is -0.0663. The molecule has 6 nitrogen and oxygen atoms in total. The molecule has 2 aliphatic rings. The zero-order chi connectivity index (χ0) is 20.5. The number of nitrogens with two attached hydrogens (primary N) is 2. The number of carbonyl (C=O) groups excluding carboxylic acids is 1. The Morgan fingerprint density at radius 1 is 1.17 bits per heavy atom. The maximum atomic E-state index is 12.6. The summed E-state index contributed by atoms with van der Waals surface area (Å²) in [4.78, 5) is 18.6. The summed E-state index contributed by atoms with van der Waals surface area (Å²) in [6.07, 6.45) is 11.1. The third-order valence-corrected chi connectivity index (χ3v) is 6.13. The molecule has 1 aromatic carbocycles. The largest absolute Gasteiger partial charge is 0.405 e. The molecule has 29 heavy (non-hydrogen) atoms. The van der Waals surface area contributed by atoms with Crippen molar-refractivity contribution in [3.63, 3.8) is 0 Å². The van der Waals surface area contributed by atoms with Crippen molar-refractivity contribution in [2.45, 2.75) is 62.6 Å². The first-order chi connectivity index (χ1) is 14.2. The molecule has 0 unspecified atom stereocenters. The molecule has 1 saturated heterocycles. The maximum absolute atomic E-state index is 12.6. The predicted octanol–water partition coefficient (Wildman–Crippen LogP) is 2.59. The Bertz CT molecular complexity index is 683. The van der Waals surface area contributed by atoms with Crippen molar-refractivity contribution >= 4 is 12.1 Å². The van der Waals surface area contributed by atoms with Crippen molar-refractivity contribution < 1.29 is 9.53 Å².